The summed E-state index contributed by atoms with van der Waals surface area (Å²) in [5, 5.41) is 0. The van der Waals surface area contributed by atoms with Crippen molar-refractivity contribution < 1.29 is 14.1 Å². The number of carbonyl (C=O) groups is 1. The van der Waals surface area contributed by atoms with E-state index in [4.69, 9.17) is 9.79 Å². The molecule has 0 unspecified atom stereocenters. The summed E-state index contributed by atoms with van der Waals surface area (Å²) in [5.74, 6) is 1.18. The Balaban J connectivity index is 0.000000773. The molecule has 0 atom stereocenters. The summed E-state index contributed by atoms with van der Waals surface area (Å²) >= 11 is 0. The number of hydrogen-bond acceptors (Lipinski definition) is 3. The number of rotatable bonds is 6. The van der Waals surface area contributed by atoms with Crippen LogP contribution in [0.15, 0.2) is 23.3 Å². The van der Waals surface area contributed by atoms with Crippen molar-refractivity contribution in [3.05, 3.63) is 23.9 Å². The van der Waals surface area contributed by atoms with E-state index in [-0.39, 0.29) is 5.41 Å². The van der Waals surface area contributed by atoms with Gasteiger partial charge in [0, 0.05) is 0 Å². The summed E-state index contributed by atoms with van der Waals surface area (Å²) < 4.78 is 6.18. The highest BCUT2D eigenvalue weighted by atomic mass is 16.5. The molecule has 0 aromatic carbocycles. The summed E-state index contributed by atoms with van der Waals surface area (Å²) in [6, 6.07) is 4.38. The number of unbranched alkanes of at least 4 members (excludes halogenated alkanes) is 3. The van der Waals surface area contributed by atoms with Gasteiger partial charge in [0.05, 0.1) is 30.8 Å². The Bertz CT molecular complexity index is 522. The summed E-state index contributed by atoms with van der Waals surface area (Å²) in [5.41, 5.74) is 2.70. The summed E-state index contributed by atoms with van der Waals surface area (Å²) in [6.45, 7) is 14.4. The standard InChI is InChI=1S/C16H25N2.C2H4O2.C2H6/c1-5-6-7-8-11-18-12-9-10-14-15(18)17-13(2)16(14,3)4;1-4-2-3;1-2/h9-10,12H,5-8,11H2,1-4H3;2H,1H3;1-2H3/q+1;;. The predicted molar refractivity (Wildman–Crippen MR) is 101 cm³/mol. The number of fused-ring (bicyclic) bond motifs is 1. The average molecular weight is 336 g/mol. The number of aryl methyl sites for hydroxylation is 1. The van der Waals surface area contributed by atoms with Crippen LogP contribution in [0.5, 0.6) is 0 Å². The lowest BCUT2D eigenvalue weighted by atomic mass is 9.83. The predicted octanol–water partition coefficient (Wildman–Crippen LogP) is 4.75. The number of aromatic nitrogens is 1. The van der Waals surface area contributed by atoms with Crippen LogP contribution in [0.25, 0.3) is 0 Å². The first-order valence-electron chi connectivity index (χ1n) is 9.04. The van der Waals surface area contributed by atoms with Gasteiger partial charge in [-0.2, -0.15) is 0 Å². The Labute approximate surface area is 148 Å². The SMILES string of the molecule is CC.CCCCCC[n+]1cccc2c1N=C(C)C2(C)C.COC=O. The molecule has 1 aromatic heterocycles. The molecule has 0 amide bonds. The molecule has 2 heterocycles. The quantitative estimate of drug-likeness (QED) is 0.427. The second-order valence-electron chi connectivity index (χ2n) is 6.15. The molecule has 24 heavy (non-hydrogen) atoms. The summed E-state index contributed by atoms with van der Waals surface area (Å²) in [4.78, 5) is 13.7. The fraction of sp³-hybridized carbons (Fsp3) is 0.650. The second-order valence-corrected chi connectivity index (χ2v) is 6.15. The first-order chi connectivity index (χ1) is 11.5. The molecule has 0 N–H and O–H groups in total. The number of hydrogen-bond donors (Lipinski definition) is 0. The van der Waals surface area contributed by atoms with Gasteiger partial charge >= 0.3 is 5.82 Å². The molecule has 0 saturated heterocycles. The third kappa shape index (κ3) is 6.06. The van der Waals surface area contributed by atoms with Gasteiger partial charge in [-0.15, -0.1) is 0 Å². The van der Waals surface area contributed by atoms with Crippen molar-refractivity contribution in [3.8, 4) is 0 Å². The highest BCUT2D eigenvalue weighted by Crippen LogP contribution is 2.37. The zero-order valence-electron chi connectivity index (χ0n) is 16.6. The van der Waals surface area contributed by atoms with Crippen molar-refractivity contribution >= 4 is 18.0 Å². The highest BCUT2D eigenvalue weighted by molar-refractivity contribution is 5.98. The molecular formula is C20H35N2O2+. The largest absolute Gasteiger partial charge is 0.471 e. The molecule has 0 spiro atoms. The van der Waals surface area contributed by atoms with E-state index in [0.29, 0.717) is 6.47 Å². The topological polar surface area (TPSA) is 42.5 Å². The fourth-order valence-electron chi connectivity index (χ4n) is 2.54. The summed E-state index contributed by atoms with van der Waals surface area (Å²) in [7, 11) is 1.31. The molecule has 136 valence electrons. The van der Waals surface area contributed by atoms with Gasteiger partial charge in [0.2, 0.25) is 0 Å². The van der Waals surface area contributed by atoms with Crippen molar-refractivity contribution in [2.24, 2.45) is 4.99 Å². The Morgan fingerprint density at radius 3 is 2.42 bits per heavy atom. The lowest BCUT2D eigenvalue weighted by Crippen LogP contribution is -2.34. The monoisotopic (exact) mass is 335 g/mol. The molecule has 0 aliphatic carbocycles. The van der Waals surface area contributed by atoms with E-state index in [0.717, 1.165) is 6.54 Å². The fourth-order valence-corrected chi connectivity index (χ4v) is 2.54. The van der Waals surface area contributed by atoms with Crippen molar-refractivity contribution in [1.82, 2.24) is 0 Å². The molecular weight excluding hydrogens is 300 g/mol. The van der Waals surface area contributed by atoms with Crippen molar-refractivity contribution in [1.29, 1.82) is 0 Å². The average Bonchev–Trinajstić information content (AvgIpc) is 2.84. The molecule has 1 aromatic rings. The minimum Gasteiger partial charge on any atom is -0.471 e. The first-order valence-corrected chi connectivity index (χ1v) is 9.04. The lowest BCUT2D eigenvalue weighted by Gasteiger charge is -2.15. The van der Waals surface area contributed by atoms with E-state index in [2.05, 4.69) is 55.3 Å². The maximum absolute atomic E-state index is 8.95. The van der Waals surface area contributed by atoms with Crippen LogP contribution in [0.1, 0.15) is 72.8 Å². The third-order valence-corrected chi connectivity index (χ3v) is 4.24. The van der Waals surface area contributed by atoms with E-state index in [1.54, 1.807) is 0 Å². The zero-order chi connectivity index (χ0) is 18.6. The molecule has 1 aliphatic heterocycles. The van der Waals surface area contributed by atoms with Gasteiger partial charge in [-0.25, -0.2) is 4.57 Å². The Morgan fingerprint density at radius 1 is 1.25 bits per heavy atom. The van der Waals surface area contributed by atoms with Crippen LogP contribution < -0.4 is 4.57 Å². The minimum absolute atomic E-state index is 0.0990. The van der Waals surface area contributed by atoms with E-state index >= 15 is 0 Å². The maximum Gasteiger partial charge on any atom is 0.327 e. The molecule has 4 nitrogen and oxygen atoms in total. The number of methoxy groups -OCH3 is 1. The van der Waals surface area contributed by atoms with Crippen LogP contribution >= 0.6 is 0 Å². The highest BCUT2D eigenvalue weighted by Gasteiger charge is 2.40. The van der Waals surface area contributed by atoms with Gasteiger partial charge in [-0.3, -0.25) is 4.79 Å². The molecule has 4 heteroatoms. The van der Waals surface area contributed by atoms with Crippen molar-refractivity contribution in [3.63, 3.8) is 0 Å². The molecule has 1 aliphatic rings. The number of ether oxygens (including phenoxy) is 1. The lowest BCUT2D eigenvalue weighted by molar-refractivity contribution is -0.684. The zero-order valence-corrected chi connectivity index (χ0v) is 16.6. The Kier molecular flexibility index (Phi) is 10.9. The van der Waals surface area contributed by atoms with E-state index < -0.39 is 0 Å². The molecule has 0 radical (unpaired) electrons. The number of pyridine rings is 1. The van der Waals surface area contributed by atoms with Gasteiger partial charge < -0.3 is 4.74 Å². The van der Waals surface area contributed by atoms with Gasteiger partial charge in [0.15, 0.2) is 0 Å². The minimum atomic E-state index is 0.0990. The van der Waals surface area contributed by atoms with Crippen LogP contribution in [0.3, 0.4) is 0 Å². The van der Waals surface area contributed by atoms with Crippen LogP contribution in [0, 0.1) is 0 Å². The number of nitrogens with zero attached hydrogens (tertiary/aromatic N) is 2. The van der Waals surface area contributed by atoms with Crippen LogP contribution in [-0.2, 0) is 21.5 Å². The molecule has 0 fully saturated rings. The van der Waals surface area contributed by atoms with E-state index in [9.17, 15) is 0 Å². The molecule has 0 bridgehead atoms. The molecule has 2 rings (SSSR count). The van der Waals surface area contributed by atoms with Crippen molar-refractivity contribution in [2.75, 3.05) is 7.11 Å². The smallest absolute Gasteiger partial charge is 0.327 e. The molecule has 0 saturated carbocycles. The van der Waals surface area contributed by atoms with Gasteiger partial charge in [0.1, 0.15) is 5.71 Å². The second kappa shape index (κ2) is 11.8. The van der Waals surface area contributed by atoms with Gasteiger partial charge in [0.25, 0.3) is 6.47 Å². The third-order valence-electron chi connectivity index (χ3n) is 4.24. The van der Waals surface area contributed by atoms with Gasteiger partial charge in [-0.1, -0.05) is 33.6 Å². The van der Waals surface area contributed by atoms with Crippen LogP contribution in [0.4, 0.5) is 5.82 Å². The van der Waals surface area contributed by atoms with Crippen LogP contribution in [-0.4, -0.2) is 19.3 Å². The maximum atomic E-state index is 8.95. The Hall–Kier alpha value is -1.71. The number of aliphatic imine (C=N–C) groups is 1. The van der Waals surface area contributed by atoms with Gasteiger partial charge in [-0.05, 0) is 50.7 Å². The van der Waals surface area contributed by atoms with E-state index in [1.165, 1.54) is 49.9 Å². The summed E-state index contributed by atoms with van der Waals surface area (Å²) in [6.07, 6.45) is 7.37. The van der Waals surface area contributed by atoms with Crippen molar-refractivity contribution in [2.45, 2.75) is 79.2 Å². The number of carbonyl (C=O) groups excluding carboxylic acids is 1. The van der Waals surface area contributed by atoms with E-state index in [1.807, 2.05) is 13.8 Å². The first kappa shape index (κ1) is 22.3. The normalized spacial score (nSPS) is 13.5. The Morgan fingerprint density at radius 2 is 1.88 bits per heavy atom. The van der Waals surface area contributed by atoms with Crippen LogP contribution in [0.2, 0.25) is 0 Å².